The third kappa shape index (κ3) is 32.4. The first kappa shape index (κ1) is 49.0. The maximum absolute atomic E-state index is 12.1. The Bertz CT molecular complexity index is 1150. The molecule has 0 aliphatic heterocycles. The number of unbranched alkanes of at least 4 members (excludes halogenated alkanes) is 11. The molecule has 2 atom stereocenters. The minimum Gasteiger partial charge on any atom is -0.459 e. The Kier molecular flexibility index (Phi) is 30.2. The largest absolute Gasteiger partial charge is 0.459 e. The summed E-state index contributed by atoms with van der Waals surface area (Å²) in [6, 6.07) is 0. The van der Waals surface area contributed by atoms with E-state index >= 15 is 0 Å². The van der Waals surface area contributed by atoms with E-state index in [2.05, 4.69) is 47.1 Å². The van der Waals surface area contributed by atoms with Gasteiger partial charge in [-0.05, 0) is 64.2 Å². The average Bonchev–Trinajstić information content (AvgIpc) is 3.07. The summed E-state index contributed by atoms with van der Waals surface area (Å²) in [5.74, 6) is -1.49. The smallest absolute Gasteiger partial charge is 0.303 e. The van der Waals surface area contributed by atoms with Crippen LogP contribution < -0.4 is 10.6 Å². The predicted octanol–water partition coefficient (Wildman–Crippen LogP) is 6.34. The summed E-state index contributed by atoms with van der Waals surface area (Å²) in [6.45, 7) is 10.4. The van der Waals surface area contributed by atoms with E-state index in [-0.39, 0.29) is 49.8 Å². The van der Waals surface area contributed by atoms with Gasteiger partial charge in [-0.15, -0.1) is 0 Å². The molecule has 2 N–H and O–H groups in total. The molecule has 0 bridgehead atoms. The fourth-order valence-electron chi connectivity index (χ4n) is 5.62. The number of hydrogen-bond donors (Lipinski definition) is 2. The number of ether oxygens (including phenoxy) is 2. The van der Waals surface area contributed by atoms with Crippen LogP contribution in [0, 0.1) is 0 Å². The zero-order valence-electron chi connectivity index (χ0n) is 33.6. The van der Waals surface area contributed by atoms with E-state index in [9.17, 15) is 28.8 Å². The third-order valence-corrected chi connectivity index (χ3v) is 8.43. The number of carbonyl (C=O) groups is 6. The van der Waals surface area contributed by atoms with Crippen molar-refractivity contribution in [2.75, 3.05) is 39.3 Å². The highest BCUT2D eigenvalue weighted by molar-refractivity contribution is 5.75. The molecule has 12 nitrogen and oxygen atoms in total. The lowest BCUT2D eigenvalue weighted by molar-refractivity contribution is -0.149. The molecule has 0 aliphatic carbocycles. The van der Waals surface area contributed by atoms with Crippen LogP contribution in [0.1, 0.15) is 138 Å². The van der Waals surface area contributed by atoms with Gasteiger partial charge in [-0.25, -0.2) is 0 Å². The van der Waals surface area contributed by atoms with Gasteiger partial charge in [-0.2, -0.15) is 0 Å². The van der Waals surface area contributed by atoms with Crippen LogP contribution in [0.15, 0.2) is 36.5 Å². The summed E-state index contributed by atoms with van der Waals surface area (Å²) in [4.78, 5) is 72.8. The number of amides is 4. The minimum absolute atomic E-state index is 0.0907. The van der Waals surface area contributed by atoms with E-state index in [4.69, 9.17) is 9.47 Å². The molecule has 0 saturated heterocycles. The second kappa shape index (κ2) is 32.7. The van der Waals surface area contributed by atoms with Gasteiger partial charge in [0.1, 0.15) is 12.2 Å². The first-order valence-electron chi connectivity index (χ1n) is 19.6. The molecule has 0 aliphatic rings. The number of esters is 2. The molecule has 0 aromatic heterocycles. The van der Waals surface area contributed by atoms with Gasteiger partial charge in [0.2, 0.25) is 23.6 Å². The second-order valence-corrected chi connectivity index (χ2v) is 13.6. The summed E-state index contributed by atoms with van der Waals surface area (Å²) in [5.41, 5.74) is 0. The molecular weight excluding hydrogens is 676 g/mol. The Labute approximate surface area is 319 Å². The molecule has 4 amide bonds. The summed E-state index contributed by atoms with van der Waals surface area (Å²) < 4.78 is 10.5. The van der Waals surface area contributed by atoms with E-state index in [1.54, 1.807) is 9.80 Å². The maximum Gasteiger partial charge on any atom is 0.303 e. The molecule has 0 aromatic rings. The standard InChI is InChI=1S/C41H70N4O8/c1-34(46)42-30-40(52-38(5)50)32-44(36(3)48)28-26-24-22-20-18-16-14-12-10-8-7-9-11-13-15-17-19-21-23-25-27-29-45(37(4)49)33-41(53-39(6)51)31-43-35(2)47/h7-8,22-25,40-41H,9-21,26-33H2,1-6H3,(H,42,46)(H,43,47)/b8-7-,24-22-,25-23-. The van der Waals surface area contributed by atoms with E-state index < -0.39 is 24.1 Å². The van der Waals surface area contributed by atoms with Crippen LogP contribution in [0.25, 0.3) is 0 Å². The lowest BCUT2D eigenvalue weighted by Crippen LogP contribution is -2.43. The zero-order valence-corrected chi connectivity index (χ0v) is 33.6. The lowest BCUT2D eigenvalue weighted by atomic mass is 10.1. The molecule has 12 heteroatoms. The Morgan fingerprint density at radius 3 is 1.00 bits per heavy atom. The molecular formula is C41H70N4O8. The maximum atomic E-state index is 12.1. The first-order chi connectivity index (χ1) is 25.3. The van der Waals surface area contributed by atoms with Gasteiger partial charge in [-0.1, -0.05) is 68.6 Å². The van der Waals surface area contributed by atoms with Gasteiger partial charge in [0.05, 0.1) is 26.2 Å². The molecule has 0 aromatic carbocycles. The van der Waals surface area contributed by atoms with Crippen molar-refractivity contribution in [3.63, 3.8) is 0 Å². The van der Waals surface area contributed by atoms with Crippen LogP contribution in [0.5, 0.6) is 0 Å². The Morgan fingerprint density at radius 1 is 0.453 bits per heavy atom. The summed E-state index contributed by atoms with van der Waals surface area (Å²) in [7, 11) is 0. The van der Waals surface area contributed by atoms with Crippen molar-refractivity contribution < 1.29 is 38.2 Å². The molecule has 302 valence electrons. The lowest BCUT2D eigenvalue weighted by Gasteiger charge is -2.26. The zero-order chi connectivity index (χ0) is 39.7. The Hall–Kier alpha value is -3.96. The van der Waals surface area contributed by atoms with E-state index in [1.165, 1.54) is 86.5 Å². The van der Waals surface area contributed by atoms with Gasteiger partial charge in [0.25, 0.3) is 0 Å². The van der Waals surface area contributed by atoms with Gasteiger partial charge in [-0.3, -0.25) is 28.8 Å². The van der Waals surface area contributed by atoms with Crippen LogP contribution >= 0.6 is 0 Å². The van der Waals surface area contributed by atoms with Crippen LogP contribution in [-0.2, 0) is 38.2 Å². The van der Waals surface area contributed by atoms with Gasteiger partial charge in [0, 0.05) is 54.6 Å². The summed E-state index contributed by atoms with van der Waals surface area (Å²) in [5, 5.41) is 5.30. The van der Waals surface area contributed by atoms with E-state index in [0.717, 1.165) is 51.4 Å². The average molecular weight is 747 g/mol. The quantitative estimate of drug-likeness (QED) is 0.0474. The van der Waals surface area contributed by atoms with Crippen LogP contribution in [0.2, 0.25) is 0 Å². The predicted molar refractivity (Wildman–Crippen MR) is 210 cm³/mol. The number of allylic oxidation sites excluding steroid dienone is 4. The SMILES string of the molecule is CC(=O)NCC(CN(CC/C=C\CCCCCC/C=C\CCCCCCC/C=C\CCN(CC(CNC(C)=O)OC(C)=O)C(C)=O)C(C)=O)OC(C)=O. The van der Waals surface area contributed by atoms with Crippen molar-refractivity contribution in [3.8, 4) is 0 Å². The second-order valence-electron chi connectivity index (χ2n) is 13.6. The van der Waals surface area contributed by atoms with Crippen molar-refractivity contribution >= 4 is 35.6 Å². The summed E-state index contributed by atoms with van der Waals surface area (Å²) in [6.07, 6.45) is 28.7. The van der Waals surface area contributed by atoms with Crippen LogP contribution in [-0.4, -0.2) is 96.8 Å². The molecule has 2 unspecified atom stereocenters. The highest BCUT2D eigenvalue weighted by Gasteiger charge is 2.20. The molecule has 0 radical (unpaired) electrons. The molecule has 0 fully saturated rings. The first-order valence-corrected chi connectivity index (χ1v) is 19.6. The molecule has 53 heavy (non-hydrogen) atoms. The fourth-order valence-corrected chi connectivity index (χ4v) is 5.62. The van der Waals surface area contributed by atoms with Crippen molar-refractivity contribution in [3.05, 3.63) is 36.5 Å². The van der Waals surface area contributed by atoms with Crippen molar-refractivity contribution in [2.45, 2.75) is 150 Å². The van der Waals surface area contributed by atoms with E-state index in [1.807, 2.05) is 0 Å². The third-order valence-electron chi connectivity index (χ3n) is 8.43. The van der Waals surface area contributed by atoms with Gasteiger partial charge < -0.3 is 29.9 Å². The topological polar surface area (TPSA) is 151 Å². The number of hydrogen-bond acceptors (Lipinski definition) is 8. The number of nitrogens with one attached hydrogen (secondary N) is 2. The minimum atomic E-state index is -0.574. The van der Waals surface area contributed by atoms with E-state index in [0.29, 0.717) is 13.1 Å². The van der Waals surface area contributed by atoms with Crippen LogP contribution in [0.4, 0.5) is 0 Å². The molecule has 0 spiro atoms. The Morgan fingerprint density at radius 2 is 0.736 bits per heavy atom. The normalized spacial score (nSPS) is 12.5. The van der Waals surface area contributed by atoms with Crippen molar-refractivity contribution in [1.82, 2.24) is 20.4 Å². The fraction of sp³-hybridized carbons (Fsp3) is 0.707. The molecule has 0 heterocycles. The molecule has 0 rings (SSSR count). The number of rotatable bonds is 31. The highest BCUT2D eigenvalue weighted by Crippen LogP contribution is 2.11. The highest BCUT2D eigenvalue weighted by atomic mass is 16.5. The monoisotopic (exact) mass is 747 g/mol. The molecule has 0 saturated carbocycles. The van der Waals surface area contributed by atoms with Gasteiger partial charge in [0.15, 0.2) is 0 Å². The van der Waals surface area contributed by atoms with Gasteiger partial charge >= 0.3 is 11.9 Å². The number of carbonyl (C=O) groups excluding carboxylic acids is 6. The van der Waals surface area contributed by atoms with Crippen molar-refractivity contribution in [2.24, 2.45) is 0 Å². The Balaban J connectivity index is 3.90. The van der Waals surface area contributed by atoms with Crippen molar-refractivity contribution in [1.29, 1.82) is 0 Å². The number of nitrogens with zero attached hydrogens (tertiary/aromatic N) is 2. The summed E-state index contributed by atoms with van der Waals surface area (Å²) >= 11 is 0. The van der Waals surface area contributed by atoms with Crippen LogP contribution in [0.3, 0.4) is 0 Å².